The van der Waals surface area contributed by atoms with E-state index in [0.29, 0.717) is 28.7 Å². The van der Waals surface area contributed by atoms with Gasteiger partial charge in [0.2, 0.25) is 0 Å². The average Bonchev–Trinajstić information content (AvgIpc) is 3.09. The average molecular weight is 397 g/mol. The maximum atomic E-state index is 12.5. The zero-order valence-corrected chi connectivity index (χ0v) is 16.7. The molecule has 3 rings (SSSR count). The van der Waals surface area contributed by atoms with E-state index in [-0.39, 0.29) is 5.91 Å². The lowest BCUT2D eigenvalue weighted by atomic mass is 10.1. The second-order valence-corrected chi connectivity index (χ2v) is 6.61. The summed E-state index contributed by atoms with van der Waals surface area (Å²) in [6.07, 6.45) is 0. The van der Waals surface area contributed by atoms with E-state index in [1.807, 2.05) is 57.2 Å². The van der Waals surface area contributed by atoms with Crippen LogP contribution in [-0.2, 0) is 0 Å². The van der Waals surface area contributed by atoms with Crippen molar-refractivity contribution in [1.82, 2.24) is 15.6 Å². The Morgan fingerprint density at radius 1 is 1.18 bits per heavy atom. The minimum Gasteiger partial charge on any atom is -0.494 e. The van der Waals surface area contributed by atoms with Crippen molar-refractivity contribution < 1.29 is 9.53 Å². The van der Waals surface area contributed by atoms with E-state index < -0.39 is 0 Å². The number of hydrogen-bond donors (Lipinski definition) is 2. The number of benzene rings is 2. The van der Waals surface area contributed by atoms with Gasteiger partial charge in [0.05, 0.1) is 18.0 Å². The van der Waals surface area contributed by atoms with Crippen LogP contribution in [0.4, 0.5) is 0 Å². The Hall–Kier alpha value is -3.12. The first kappa shape index (κ1) is 19.6. The quantitative estimate of drug-likeness (QED) is 0.472. The maximum absolute atomic E-state index is 12.5. The second-order valence-electron chi connectivity index (χ2n) is 6.17. The van der Waals surface area contributed by atoms with E-state index in [9.17, 15) is 4.79 Å². The normalized spacial score (nSPS) is 11.4. The molecule has 0 bridgehead atoms. The van der Waals surface area contributed by atoms with E-state index in [2.05, 4.69) is 20.7 Å². The van der Waals surface area contributed by atoms with Gasteiger partial charge in [0.25, 0.3) is 5.91 Å². The fourth-order valence-electron chi connectivity index (χ4n) is 2.72. The van der Waals surface area contributed by atoms with Gasteiger partial charge in [-0.3, -0.25) is 9.89 Å². The fraction of sp³-hybridized carbons (Fsp3) is 0.190. The van der Waals surface area contributed by atoms with Crippen LogP contribution in [0.15, 0.2) is 53.6 Å². The number of ether oxygens (including phenoxy) is 1. The van der Waals surface area contributed by atoms with Crippen molar-refractivity contribution >= 4 is 23.2 Å². The molecular weight excluding hydrogens is 376 g/mol. The van der Waals surface area contributed by atoms with Crippen LogP contribution in [0.5, 0.6) is 5.75 Å². The highest BCUT2D eigenvalue weighted by atomic mass is 35.5. The number of carbonyl (C=O) groups is 1. The molecule has 7 heteroatoms. The maximum Gasteiger partial charge on any atom is 0.289 e. The number of aromatic nitrogens is 2. The van der Waals surface area contributed by atoms with Crippen LogP contribution < -0.4 is 10.2 Å². The summed E-state index contributed by atoms with van der Waals surface area (Å²) in [6, 6.07) is 14.8. The highest BCUT2D eigenvalue weighted by Crippen LogP contribution is 2.25. The van der Waals surface area contributed by atoms with Gasteiger partial charge in [0.1, 0.15) is 11.4 Å². The van der Waals surface area contributed by atoms with Gasteiger partial charge in [0, 0.05) is 16.1 Å². The number of nitrogens with zero attached hydrogens (tertiary/aromatic N) is 2. The molecule has 0 fully saturated rings. The Bertz CT molecular complexity index is 992. The molecule has 1 aromatic heterocycles. The lowest BCUT2D eigenvalue weighted by Crippen LogP contribution is -2.20. The molecule has 1 heterocycles. The number of aromatic amines is 1. The van der Waals surface area contributed by atoms with E-state index in [0.717, 1.165) is 22.4 Å². The molecule has 28 heavy (non-hydrogen) atoms. The summed E-state index contributed by atoms with van der Waals surface area (Å²) >= 11 is 5.89. The molecule has 1 amide bonds. The smallest absolute Gasteiger partial charge is 0.289 e. The number of hydrogen-bond acceptors (Lipinski definition) is 4. The molecule has 0 aliphatic heterocycles. The van der Waals surface area contributed by atoms with Crippen molar-refractivity contribution in [2.45, 2.75) is 20.8 Å². The predicted molar refractivity (Wildman–Crippen MR) is 111 cm³/mol. The van der Waals surface area contributed by atoms with E-state index >= 15 is 0 Å². The summed E-state index contributed by atoms with van der Waals surface area (Å²) in [5.41, 5.74) is 6.86. The van der Waals surface area contributed by atoms with Crippen LogP contribution in [0.2, 0.25) is 5.02 Å². The summed E-state index contributed by atoms with van der Waals surface area (Å²) < 4.78 is 5.45. The molecule has 0 atom stereocenters. The van der Waals surface area contributed by atoms with Crippen molar-refractivity contribution in [3.63, 3.8) is 0 Å². The second kappa shape index (κ2) is 8.71. The number of nitrogens with one attached hydrogen (secondary N) is 2. The van der Waals surface area contributed by atoms with E-state index in [1.165, 1.54) is 0 Å². The fourth-order valence-corrected chi connectivity index (χ4v) is 2.85. The number of rotatable bonds is 6. The minimum atomic E-state index is -0.351. The first-order chi connectivity index (χ1) is 13.5. The molecule has 0 saturated carbocycles. The Balaban J connectivity index is 1.74. The first-order valence-corrected chi connectivity index (χ1v) is 9.26. The van der Waals surface area contributed by atoms with Crippen LogP contribution in [0, 0.1) is 6.92 Å². The van der Waals surface area contributed by atoms with Crippen molar-refractivity contribution in [3.05, 3.63) is 70.4 Å². The number of amides is 1. The largest absolute Gasteiger partial charge is 0.494 e. The summed E-state index contributed by atoms with van der Waals surface area (Å²) in [4.78, 5) is 12.5. The van der Waals surface area contributed by atoms with Crippen LogP contribution in [0.3, 0.4) is 0 Å². The Kier molecular flexibility index (Phi) is 6.11. The predicted octanol–water partition coefficient (Wildman–Crippen LogP) is 4.59. The molecular formula is C21H21ClN4O2. The molecule has 2 aromatic carbocycles. The zero-order chi connectivity index (χ0) is 20.1. The topological polar surface area (TPSA) is 79.4 Å². The Labute approximate surface area is 168 Å². The molecule has 3 aromatic rings. The zero-order valence-electron chi connectivity index (χ0n) is 15.9. The number of halogens is 1. The van der Waals surface area contributed by atoms with Crippen molar-refractivity contribution in [2.75, 3.05) is 6.61 Å². The van der Waals surface area contributed by atoms with Gasteiger partial charge in [0.15, 0.2) is 0 Å². The van der Waals surface area contributed by atoms with Gasteiger partial charge in [-0.25, -0.2) is 5.43 Å². The van der Waals surface area contributed by atoms with Crippen LogP contribution in [-0.4, -0.2) is 28.4 Å². The molecule has 0 spiro atoms. The van der Waals surface area contributed by atoms with Gasteiger partial charge >= 0.3 is 0 Å². The van der Waals surface area contributed by atoms with Gasteiger partial charge < -0.3 is 4.74 Å². The third-order valence-corrected chi connectivity index (χ3v) is 4.51. The summed E-state index contributed by atoms with van der Waals surface area (Å²) in [6.45, 7) is 6.21. The van der Waals surface area contributed by atoms with Gasteiger partial charge in [-0.15, -0.1) is 0 Å². The van der Waals surface area contributed by atoms with Crippen molar-refractivity contribution in [3.8, 4) is 17.0 Å². The molecule has 0 unspecified atom stereocenters. The van der Waals surface area contributed by atoms with Crippen molar-refractivity contribution in [2.24, 2.45) is 5.10 Å². The lowest BCUT2D eigenvalue weighted by Gasteiger charge is -2.04. The van der Waals surface area contributed by atoms with Gasteiger partial charge in [-0.2, -0.15) is 10.2 Å². The Morgan fingerprint density at radius 3 is 2.50 bits per heavy atom. The summed E-state index contributed by atoms with van der Waals surface area (Å²) in [5, 5.41) is 11.9. The third-order valence-electron chi connectivity index (χ3n) is 4.26. The molecule has 0 aliphatic rings. The van der Waals surface area contributed by atoms with Crippen LogP contribution in [0.25, 0.3) is 11.3 Å². The summed E-state index contributed by atoms with van der Waals surface area (Å²) in [7, 11) is 0. The monoisotopic (exact) mass is 396 g/mol. The number of hydrazone groups is 1. The van der Waals surface area contributed by atoms with Gasteiger partial charge in [-0.1, -0.05) is 23.7 Å². The minimum absolute atomic E-state index is 0.351. The number of carbonyl (C=O) groups excluding carboxylic acids is 1. The first-order valence-electron chi connectivity index (χ1n) is 8.88. The molecule has 144 valence electrons. The SMILES string of the molecule is CCOc1ccc(-c2n[nH]c(C(=O)N/N=C(/C)c3ccc(Cl)cc3)c2C)cc1. The molecule has 2 N–H and O–H groups in total. The molecule has 0 aliphatic carbocycles. The highest BCUT2D eigenvalue weighted by molar-refractivity contribution is 6.30. The van der Waals surface area contributed by atoms with Crippen LogP contribution in [0.1, 0.15) is 35.5 Å². The molecule has 6 nitrogen and oxygen atoms in total. The lowest BCUT2D eigenvalue weighted by molar-refractivity contribution is 0.0949. The van der Waals surface area contributed by atoms with E-state index in [1.54, 1.807) is 12.1 Å². The summed E-state index contributed by atoms with van der Waals surface area (Å²) in [5.74, 6) is 0.444. The third kappa shape index (κ3) is 4.40. The van der Waals surface area contributed by atoms with Gasteiger partial charge in [-0.05, 0) is 62.7 Å². The Morgan fingerprint density at radius 2 is 1.86 bits per heavy atom. The van der Waals surface area contributed by atoms with Crippen LogP contribution >= 0.6 is 11.6 Å². The molecule has 0 saturated heterocycles. The van der Waals surface area contributed by atoms with E-state index in [4.69, 9.17) is 16.3 Å². The molecule has 0 radical (unpaired) electrons. The number of H-pyrrole nitrogens is 1. The standard InChI is InChI=1S/C21H21ClN4O2/c1-4-28-18-11-7-16(8-12-18)19-13(2)20(25-24-19)21(27)26-23-14(3)15-5-9-17(22)10-6-15/h5-12H,4H2,1-3H3,(H,24,25)(H,26,27)/b23-14-. The highest BCUT2D eigenvalue weighted by Gasteiger charge is 2.17. The van der Waals surface area contributed by atoms with Crippen molar-refractivity contribution in [1.29, 1.82) is 0 Å².